The van der Waals surface area contributed by atoms with Gasteiger partial charge in [0.15, 0.2) is 0 Å². The maximum atomic E-state index is 12.6. The number of nitrogen functional groups attached to an aromatic ring is 1. The number of anilines is 1. The van der Waals surface area contributed by atoms with E-state index in [2.05, 4.69) is 26.6 Å². The summed E-state index contributed by atoms with van der Waals surface area (Å²) < 4.78 is 72.2. The number of aryl methyl sites for hydroxylation is 1. The summed E-state index contributed by atoms with van der Waals surface area (Å²) in [6.45, 7) is 12.6. The van der Waals surface area contributed by atoms with Gasteiger partial charge in [0.2, 0.25) is 11.8 Å². The summed E-state index contributed by atoms with van der Waals surface area (Å²) in [4.78, 5) is 48.5. The molecule has 25 heteroatoms. The third kappa shape index (κ3) is 36.8. The van der Waals surface area contributed by atoms with Crippen molar-refractivity contribution in [3.63, 3.8) is 0 Å². The highest BCUT2D eigenvalue weighted by molar-refractivity contribution is 8.00. The zero-order valence-electron chi connectivity index (χ0n) is 49.4. The van der Waals surface area contributed by atoms with E-state index in [1.165, 1.54) is 5.56 Å². The topological polar surface area (TPSA) is 274 Å². The van der Waals surface area contributed by atoms with Crippen LogP contribution in [-0.4, -0.2) is 231 Å². The number of fused-ring (bicyclic) bond motifs is 1. The maximum Gasteiger partial charge on any atom is 0.315 e. The Kier molecular flexibility index (Phi) is 43.0. The Morgan fingerprint density at radius 1 is 0.512 bits per heavy atom. The van der Waals surface area contributed by atoms with Crippen LogP contribution in [0.2, 0.25) is 0 Å². The largest absolute Gasteiger partial charge is 0.491 e. The number of alkyl halides is 1. The molecule has 0 spiro atoms. The van der Waals surface area contributed by atoms with E-state index in [1.54, 1.807) is 12.1 Å². The number of rotatable bonds is 57. The molecule has 2 aromatic rings. The van der Waals surface area contributed by atoms with Crippen LogP contribution in [0.1, 0.15) is 79.3 Å². The predicted molar refractivity (Wildman–Crippen MR) is 321 cm³/mol. The molecule has 0 aromatic heterocycles. The van der Waals surface area contributed by atoms with Gasteiger partial charge in [0, 0.05) is 54.9 Å². The highest BCUT2D eigenvalue weighted by Crippen LogP contribution is 2.33. The molecule has 0 saturated carbocycles. The Morgan fingerprint density at radius 2 is 1.01 bits per heavy atom. The number of amides is 5. The molecule has 478 valence electrons. The number of hydrogen-bond acceptors (Lipinski definition) is 19. The van der Waals surface area contributed by atoms with E-state index in [-0.39, 0.29) is 48.9 Å². The Balaban J connectivity index is 0.757. The average Bonchev–Trinajstić information content (AvgIpc) is 4.11. The number of halogens is 1. The quantitative estimate of drug-likeness (QED) is 0.0231. The minimum Gasteiger partial charge on any atom is -0.491 e. The highest BCUT2D eigenvalue weighted by atomic mass is 35.5. The molecule has 2 aliphatic heterocycles. The molecular formula is C59H97ClN6O17S. The number of benzene rings is 2. The Labute approximate surface area is 506 Å². The second kappa shape index (κ2) is 49.9. The van der Waals surface area contributed by atoms with E-state index in [1.807, 2.05) is 42.1 Å². The van der Waals surface area contributed by atoms with Crippen molar-refractivity contribution in [2.75, 3.05) is 196 Å². The first-order valence-corrected chi connectivity index (χ1v) is 31.5. The van der Waals surface area contributed by atoms with Gasteiger partial charge in [0.05, 0.1) is 183 Å². The van der Waals surface area contributed by atoms with E-state index >= 15 is 0 Å². The molecule has 7 N–H and O–H groups in total. The molecule has 2 aromatic carbocycles. The van der Waals surface area contributed by atoms with E-state index in [0.717, 1.165) is 62.7 Å². The first-order valence-electron chi connectivity index (χ1n) is 29.9. The summed E-state index contributed by atoms with van der Waals surface area (Å²) in [6.07, 6.45) is 8.03. The number of urea groups is 1. The highest BCUT2D eigenvalue weighted by Gasteiger charge is 2.42. The fourth-order valence-corrected chi connectivity index (χ4v) is 10.1. The zero-order valence-corrected chi connectivity index (χ0v) is 50.9. The predicted octanol–water partition coefficient (Wildman–Crippen LogP) is 4.47. The molecule has 23 nitrogen and oxygen atoms in total. The van der Waals surface area contributed by atoms with Gasteiger partial charge in [-0.25, -0.2) is 4.79 Å². The van der Waals surface area contributed by atoms with Crippen molar-refractivity contribution < 1.29 is 80.8 Å². The lowest BCUT2D eigenvalue weighted by atomic mass is 10.0. The lowest BCUT2D eigenvalue weighted by Gasteiger charge is -2.16. The number of carbonyl (C=O) groups is 4. The Hall–Kier alpha value is -4.12. The van der Waals surface area contributed by atoms with E-state index < -0.39 is 0 Å². The SMILES string of the molecule is Nc1cc(CCCCCl)ccc1OCCCCNC(=O)c1ccc(CNC(=O)CCOCCOCCOCCOCCOCCOCCOCCOCCOCCOCCOCCOCCNC(=O)CCCC[C@H]2SC[C@H]3NC(=O)N[C@H]32)cc1. The van der Waals surface area contributed by atoms with Crippen molar-refractivity contribution in [2.45, 2.75) is 88.1 Å². The van der Waals surface area contributed by atoms with Crippen LogP contribution in [0.15, 0.2) is 42.5 Å². The lowest BCUT2D eigenvalue weighted by molar-refractivity contribution is -0.123. The van der Waals surface area contributed by atoms with Crippen LogP contribution in [0.3, 0.4) is 0 Å². The van der Waals surface area contributed by atoms with Gasteiger partial charge in [0.1, 0.15) is 5.75 Å². The van der Waals surface area contributed by atoms with Crippen molar-refractivity contribution in [3.8, 4) is 5.75 Å². The second-order valence-corrected chi connectivity index (χ2v) is 21.3. The summed E-state index contributed by atoms with van der Waals surface area (Å²) in [5, 5.41) is 15.1. The number of nitrogens with two attached hydrogens (primary N) is 1. The third-order valence-electron chi connectivity index (χ3n) is 13.0. The van der Waals surface area contributed by atoms with Gasteiger partial charge in [0.25, 0.3) is 5.91 Å². The normalized spacial score (nSPS) is 15.4. The summed E-state index contributed by atoms with van der Waals surface area (Å²) in [5.41, 5.74) is 9.41. The molecule has 3 atom stereocenters. The van der Waals surface area contributed by atoms with Crippen LogP contribution in [0.25, 0.3) is 0 Å². The van der Waals surface area contributed by atoms with Gasteiger partial charge >= 0.3 is 6.03 Å². The van der Waals surface area contributed by atoms with E-state index in [0.29, 0.717) is 213 Å². The summed E-state index contributed by atoms with van der Waals surface area (Å²) in [6, 6.07) is 13.5. The molecule has 2 saturated heterocycles. The monoisotopic (exact) mass is 1230 g/mol. The van der Waals surface area contributed by atoms with Gasteiger partial charge in [-0.05, 0) is 80.3 Å². The molecule has 0 unspecified atom stereocenters. The Bertz CT molecular complexity index is 2010. The molecule has 5 amide bonds. The van der Waals surface area contributed by atoms with E-state index in [4.69, 9.17) is 78.9 Å². The molecule has 4 rings (SSSR count). The third-order valence-corrected chi connectivity index (χ3v) is 14.7. The van der Waals surface area contributed by atoms with Crippen molar-refractivity contribution in [1.29, 1.82) is 0 Å². The molecule has 2 fully saturated rings. The van der Waals surface area contributed by atoms with Crippen molar-refractivity contribution in [1.82, 2.24) is 26.6 Å². The number of nitrogens with one attached hydrogen (secondary N) is 5. The van der Waals surface area contributed by atoms with Crippen LogP contribution in [-0.2, 0) is 79.4 Å². The second-order valence-electron chi connectivity index (χ2n) is 19.6. The molecule has 0 radical (unpaired) electrons. The molecule has 0 aliphatic carbocycles. The van der Waals surface area contributed by atoms with Crippen LogP contribution in [0.5, 0.6) is 5.75 Å². The average molecular weight is 1230 g/mol. The zero-order chi connectivity index (χ0) is 59.6. The Morgan fingerprint density at radius 3 is 1.54 bits per heavy atom. The summed E-state index contributed by atoms with van der Waals surface area (Å²) >= 11 is 7.66. The van der Waals surface area contributed by atoms with Crippen molar-refractivity contribution in [2.24, 2.45) is 0 Å². The maximum absolute atomic E-state index is 12.6. The first kappa shape index (κ1) is 72.4. The van der Waals surface area contributed by atoms with Crippen LogP contribution >= 0.6 is 23.4 Å². The molecule has 84 heavy (non-hydrogen) atoms. The minimum atomic E-state index is -0.149. The number of ether oxygens (including phenoxy) is 13. The van der Waals surface area contributed by atoms with Gasteiger partial charge in [-0.3, -0.25) is 14.4 Å². The smallest absolute Gasteiger partial charge is 0.315 e. The van der Waals surface area contributed by atoms with E-state index in [9.17, 15) is 19.2 Å². The van der Waals surface area contributed by atoms with Crippen molar-refractivity contribution in [3.05, 3.63) is 59.2 Å². The fourth-order valence-electron chi connectivity index (χ4n) is 8.40. The van der Waals surface area contributed by atoms with Crippen LogP contribution < -0.4 is 37.1 Å². The molecule has 2 aliphatic rings. The van der Waals surface area contributed by atoms with Crippen LogP contribution in [0.4, 0.5) is 10.5 Å². The lowest BCUT2D eigenvalue weighted by Crippen LogP contribution is -2.36. The number of hydrogen-bond donors (Lipinski definition) is 6. The fraction of sp³-hybridized carbons (Fsp3) is 0.729. The summed E-state index contributed by atoms with van der Waals surface area (Å²) in [5.74, 6) is 2.05. The van der Waals surface area contributed by atoms with Crippen molar-refractivity contribution >= 4 is 52.8 Å². The van der Waals surface area contributed by atoms with Gasteiger partial charge in [-0.2, -0.15) is 11.8 Å². The van der Waals surface area contributed by atoms with Gasteiger partial charge in [-0.15, -0.1) is 11.6 Å². The van der Waals surface area contributed by atoms with Crippen LogP contribution in [0, 0.1) is 0 Å². The summed E-state index contributed by atoms with van der Waals surface area (Å²) in [7, 11) is 0. The first-order chi connectivity index (χ1) is 41.3. The van der Waals surface area contributed by atoms with Gasteiger partial charge < -0.3 is 93.9 Å². The number of unbranched alkanes of at least 4 members (excludes halogenated alkanes) is 3. The number of thioether (sulfide) groups is 1. The molecular weight excluding hydrogens is 1130 g/mol. The minimum absolute atomic E-state index is 0.0354. The molecule has 0 bridgehead atoms. The molecule has 2 heterocycles. The van der Waals surface area contributed by atoms with Gasteiger partial charge in [-0.1, -0.05) is 24.6 Å². The standard InChI is InChI=1S/C59H97ClN6O17S/c60-17-4-3-7-48-12-15-53(51(61)45-48)83-20-6-5-18-63-58(69)50-13-10-49(11-14-50)46-64-56(68)16-21-71-23-25-73-27-29-75-31-33-77-35-37-79-39-41-81-43-44-82-42-40-80-38-36-78-34-32-76-30-28-74-26-24-72-22-19-62-55(67)9-2-1-8-54-57-52(47-84-54)65-59(70)66-57/h10-15,45,52,54,57H,1-9,16-44,46-47,61H2,(H,62,67)(H,63,69)(H,64,68)(H2,65,66,70)/t52-,54-,57-/m1/s1. The number of carbonyl (C=O) groups excluding carboxylic acids is 4.